The number of carbonyl (C=O) groups is 1. The van der Waals surface area contributed by atoms with Crippen molar-refractivity contribution in [2.45, 2.75) is 13.8 Å². The van der Waals surface area contributed by atoms with E-state index in [1.807, 2.05) is 24.3 Å². The van der Waals surface area contributed by atoms with E-state index in [-0.39, 0.29) is 5.91 Å². The topological polar surface area (TPSA) is 86.8 Å². The number of hydrogen-bond acceptors (Lipinski definition) is 5. The normalized spacial score (nSPS) is 10.5. The second kappa shape index (κ2) is 7.57. The van der Waals surface area contributed by atoms with Gasteiger partial charge in [-0.05, 0) is 38.1 Å². The summed E-state index contributed by atoms with van der Waals surface area (Å²) in [7, 11) is 0. The third-order valence-electron chi connectivity index (χ3n) is 3.91. The van der Waals surface area contributed by atoms with Crippen LogP contribution >= 0.6 is 0 Å². The molecule has 128 valence electrons. The van der Waals surface area contributed by atoms with Gasteiger partial charge < -0.3 is 10.2 Å². The number of aromatic amines is 1. The SMILES string of the molecule is CCN(CC)c1ccc(C(=O)Nc2cn[nH]c2-c2ccccn2)cn1. The van der Waals surface area contributed by atoms with Crippen LogP contribution in [0.4, 0.5) is 11.5 Å². The van der Waals surface area contributed by atoms with E-state index in [2.05, 4.69) is 44.2 Å². The van der Waals surface area contributed by atoms with E-state index in [4.69, 9.17) is 0 Å². The fraction of sp³-hybridized carbons (Fsp3) is 0.222. The van der Waals surface area contributed by atoms with Gasteiger partial charge in [0.05, 0.1) is 23.1 Å². The Morgan fingerprint density at radius 3 is 2.60 bits per heavy atom. The molecule has 0 radical (unpaired) electrons. The molecule has 0 aliphatic heterocycles. The standard InChI is InChI=1S/C18H20N6O/c1-3-24(4-2)16-9-8-13(11-20-16)18(25)22-15-12-21-23-17(15)14-7-5-6-10-19-14/h5-12H,3-4H2,1-2H3,(H,21,23)(H,22,25). The van der Waals surface area contributed by atoms with E-state index in [0.29, 0.717) is 22.6 Å². The van der Waals surface area contributed by atoms with Crippen LogP contribution in [-0.4, -0.2) is 39.2 Å². The third-order valence-corrected chi connectivity index (χ3v) is 3.91. The molecule has 3 aromatic heterocycles. The van der Waals surface area contributed by atoms with E-state index in [9.17, 15) is 4.79 Å². The maximum Gasteiger partial charge on any atom is 0.257 e. The van der Waals surface area contributed by atoms with Gasteiger partial charge in [0.25, 0.3) is 5.91 Å². The van der Waals surface area contributed by atoms with Gasteiger partial charge in [-0.15, -0.1) is 0 Å². The Balaban J connectivity index is 1.76. The molecule has 3 aromatic rings. The average molecular weight is 336 g/mol. The van der Waals surface area contributed by atoms with E-state index in [1.165, 1.54) is 0 Å². The number of H-pyrrole nitrogens is 1. The van der Waals surface area contributed by atoms with Crippen molar-refractivity contribution in [1.82, 2.24) is 20.2 Å². The van der Waals surface area contributed by atoms with Crippen LogP contribution in [0.3, 0.4) is 0 Å². The monoisotopic (exact) mass is 336 g/mol. The molecule has 25 heavy (non-hydrogen) atoms. The van der Waals surface area contributed by atoms with Gasteiger partial charge in [-0.25, -0.2) is 4.98 Å². The number of nitrogens with zero attached hydrogens (tertiary/aromatic N) is 4. The van der Waals surface area contributed by atoms with Crippen LogP contribution in [0, 0.1) is 0 Å². The molecule has 0 atom stereocenters. The highest BCUT2D eigenvalue weighted by molar-refractivity contribution is 6.05. The van der Waals surface area contributed by atoms with Crippen LogP contribution in [0.5, 0.6) is 0 Å². The molecule has 3 rings (SSSR count). The smallest absolute Gasteiger partial charge is 0.257 e. The molecule has 2 N–H and O–H groups in total. The summed E-state index contributed by atoms with van der Waals surface area (Å²) in [6.45, 7) is 5.89. The highest BCUT2D eigenvalue weighted by atomic mass is 16.1. The number of carbonyl (C=O) groups excluding carboxylic acids is 1. The number of amides is 1. The molecule has 0 unspecified atom stereocenters. The van der Waals surface area contributed by atoms with E-state index in [0.717, 1.165) is 18.9 Å². The highest BCUT2D eigenvalue weighted by Gasteiger charge is 2.14. The van der Waals surface area contributed by atoms with Crippen molar-refractivity contribution >= 4 is 17.4 Å². The summed E-state index contributed by atoms with van der Waals surface area (Å²) in [6, 6.07) is 9.20. The molecule has 0 aromatic carbocycles. The first-order valence-corrected chi connectivity index (χ1v) is 8.20. The first-order chi connectivity index (χ1) is 12.2. The summed E-state index contributed by atoms with van der Waals surface area (Å²) in [5.74, 6) is 0.621. The summed E-state index contributed by atoms with van der Waals surface area (Å²) in [6.07, 6.45) is 4.85. The van der Waals surface area contributed by atoms with Crippen molar-refractivity contribution in [3.63, 3.8) is 0 Å². The minimum atomic E-state index is -0.239. The maximum atomic E-state index is 12.5. The van der Waals surface area contributed by atoms with Crippen molar-refractivity contribution in [3.05, 3.63) is 54.5 Å². The summed E-state index contributed by atoms with van der Waals surface area (Å²) in [5, 5.41) is 9.73. The molecule has 0 bridgehead atoms. The lowest BCUT2D eigenvalue weighted by Crippen LogP contribution is -2.23. The first-order valence-electron chi connectivity index (χ1n) is 8.20. The zero-order valence-corrected chi connectivity index (χ0v) is 14.2. The molecule has 0 aliphatic carbocycles. The van der Waals surface area contributed by atoms with Gasteiger partial charge >= 0.3 is 0 Å². The minimum Gasteiger partial charge on any atom is -0.357 e. The molecule has 0 saturated heterocycles. The molecule has 0 aliphatic rings. The largest absolute Gasteiger partial charge is 0.357 e. The van der Waals surface area contributed by atoms with Gasteiger partial charge in [0.15, 0.2) is 0 Å². The Morgan fingerprint density at radius 1 is 1.12 bits per heavy atom. The fourth-order valence-electron chi connectivity index (χ4n) is 2.54. The van der Waals surface area contributed by atoms with Gasteiger partial charge in [-0.3, -0.25) is 14.9 Å². The molecular formula is C18H20N6O. The zero-order chi connectivity index (χ0) is 17.6. The van der Waals surface area contributed by atoms with Crippen molar-refractivity contribution in [3.8, 4) is 11.4 Å². The predicted octanol–water partition coefficient (Wildman–Crippen LogP) is 2.97. The molecule has 0 saturated carbocycles. The minimum absolute atomic E-state index is 0.239. The molecular weight excluding hydrogens is 316 g/mol. The van der Waals surface area contributed by atoms with Crippen molar-refractivity contribution in [2.75, 3.05) is 23.3 Å². The van der Waals surface area contributed by atoms with Crippen LogP contribution in [0.25, 0.3) is 11.4 Å². The number of aromatic nitrogens is 4. The summed E-state index contributed by atoms with van der Waals surface area (Å²) in [4.78, 5) is 23.3. The molecule has 7 nitrogen and oxygen atoms in total. The Labute approximate surface area is 146 Å². The Hall–Kier alpha value is -3.22. The molecule has 3 heterocycles. The number of nitrogens with one attached hydrogen (secondary N) is 2. The van der Waals surface area contributed by atoms with Crippen LogP contribution in [0.15, 0.2) is 48.9 Å². The maximum absolute atomic E-state index is 12.5. The fourth-order valence-corrected chi connectivity index (χ4v) is 2.54. The Kier molecular flexibility index (Phi) is 5.03. The number of pyridine rings is 2. The summed E-state index contributed by atoms with van der Waals surface area (Å²) < 4.78 is 0. The highest BCUT2D eigenvalue weighted by Crippen LogP contribution is 2.23. The van der Waals surface area contributed by atoms with E-state index < -0.39 is 0 Å². The Morgan fingerprint density at radius 2 is 1.96 bits per heavy atom. The van der Waals surface area contributed by atoms with Gasteiger partial charge in [0.1, 0.15) is 11.5 Å². The number of rotatable bonds is 6. The zero-order valence-electron chi connectivity index (χ0n) is 14.2. The Bertz CT molecular complexity index is 824. The van der Waals surface area contributed by atoms with E-state index >= 15 is 0 Å². The molecule has 0 fully saturated rings. The first kappa shape index (κ1) is 16.6. The lowest BCUT2D eigenvalue weighted by Gasteiger charge is -2.19. The second-order valence-corrected chi connectivity index (χ2v) is 5.41. The third kappa shape index (κ3) is 3.65. The average Bonchev–Trinajstić information content (AvgIpc) is 3.12. The summed E-state index contributed by atoms with van der Waals surface area (Å²) in [5.41, 5.74) is 2.45. The van der Waals surface area contributed by atoms with Crippen molar-refractivity contribution in [2.24, 2.45) is 0 Å². The lowest BCUT2D eigenvalue weighted by atomic mass is 10.2. The number of hydrogen-bond donors (Lipinski definition) is 2. The van der Waals surface area contributed by atoms with Crippen LogP contribution in [0.1, 0.15) is 24.2 Å². The molecule has 0 spiro atoms. The van der Waals surface area contributed by atoms with Gasteiger partial charge in [-0.2, -0.15) is 5.10 Å². The van der Waals surface area contributed by atoms with Crippen molar-refractivity contribution in [1.29, 1.82) is 0 Å². The van der Waals surface area contributed by atoms with E-state index in [1.54, 1.807) is 24.7 Å². The quantitative estimate of drug-likeness (QED) is 0.723. The van der Waals surface area contributed by atoms with Gasteiger partial charge in [-0.1, -0.05) is 6.07 Å². The summed E-state index contributed by atoms with van der Waals surface area (Å²) >= 11 is 0. The lowest BCUT2D eigenvalue weighted by molar-refractivity contribution is 0.102. The predicted molar refractivity (Wildman–Crippen MR) is 97.6 cm³/mol. The molecule has 7 heteroatoms. The van der Waals surface area contributed by atoms with Crippen LogP contribution in [-0.2, 0) is 0 Å². The van der Waals surface area contributed by atoms with Crippen LogP contribution < -0.4 is 10.2 Å². The van der Waals surface area contributed by atoms with Crippen LogP contribution in [0.2, 0.25) is 0 Å². The van der Waals surface area contributed by atoms with Gasteiger partial charge in [0.2, 0.25) is 0 Å². The number of anilines is 2. The van der Waals surface area contributed by atoms with Crippen molar-refractivity contribution < 1.29 is 4.79 Å². The molecule has 1 amide bonds. The second-order valence-electron chi connectivity index (χ2n) is 5.41. The van der Waals surface area contributed by atoms with Gasteiger partial charge in [0, 0.05) is 25.5 Å².